The topological polar surface area (TPSA) is 50.5 Å². The second-order valence-electron chi connectivity index (χ2n) is 6.37. The first-order valence-corrected chi connectivity index (χ1v) is 6.93. The molecule has 0 spiro atoms. The molecular formula is C14H25N3O2. The van der Waals surface area contributed by atoms with E-state index < -0.39 is 0 Å². The molecule has 1 aromatic heterocycles. The smallest absolute Gasteiger partial charge is 0.297 e. The predicted molar refractivity (Wildman–Crippen MR) is 75.3 cm³/mol. The molecule has 1 aliphatic heterocycles. The maximum Gasteiger partial charge on any atom is 0.297 e. The van der Waals surface area contributed by atoms with Gasteiger partial charge in [0, 0.05) is 18.6 Å². The molecule has 1 N–H and O–H groups in total. The van der Waals surface area contributed by atoms with E-state index in [-0.39, 0.29) is 11.6 Å². The third kappa shape index (κ3) is 3.94. The molecule has 0 amide bonds. The van der Waals surface area contributed by atoms with Crippen LogP contribution in [0.4, 0.5) is 6.01 Å². The summed E-state index contributed by atoms with van der Waals surface area (Å²) in [6.07, 6.45) is 1.96. The summed E-state index contributed by atoms with van der Waals surface area (Å²) < 4.78 is 11.2. The van der Waals surface area contributed by atoms with Gasteiger partial charge in [-0.2, -0.15) is 4.98 Å². The van der Waals surface area contributed by atoms with E-state index in [9.17, 15) is 0 Å². The van der Waals surface area contributed by atoms with E-state index in [1.165, 1.54) is 0 Å². The fraction of sp³-hybridized carbons (Fsp3) is 0.786. The van der Waals surface area contributed by atoms with Crippen LogP contribution in [0.25, 0.3) is 0 Å². The van der Waals surface area contributed by atoms with Gasteiger partial charge in [-0.25, -0.2) is 0 Å². The van der Waals surface area contributed by atoms with Gasteiger partial charge in [-0.05, 0) is 34.6 Å². The molecule has 2 rings (SSSR count). The summed E-state index contributed by atoms with van der Waals surface area (Å²) in [6, 6.07) is 1.01. The number of rotatable bonds is 3. The van der Waals surface area contributed by atoms with Crippen molar-refractivity contribution in [1.29, 1.82) is 0 Å². The third-order valence-electron chi connectivity index (χ3n) is 3.19. The van der Waals surface area contributed by atoms with Crippen molar-refractivity contribution >= 4 is 6.01 Å². The summed E-state index contributed by atoms with van der Waals surface area (Å²) in [6.45, 7) is 12.9. The van der Waals surface area contributed by atoms with Gasteiger partial charge in [0.2, 0.25) is 0 Å². The highest BCUT2D eigenvalue weighted by molar-refractivity contribution is 5.30. The molecule has 19 heavy (non-hydrogen) atoms. The van der Waals surface area contributed by atoms with Crippen LogP contribution in [0.2, 0.25) is 0 Å². The van der Waals surface area contributed by atoms with Crippen LogP contribution in [-0.2, 0) is 11.3 Å². The molecule has 1 saturated heterocycles. The van der Waals surface area contributed by atoms with Crippen molar-refractivity contribution in [3.8, 4) is 0 Å². The average molecular weight is 267 g/mol. The summed E-state index contributed by atoms with van der Waals surface area (Å²) in [7, 11) is 0. The van der Waals surface area contributed by atoms with Crippen molar-refractivity contribution in [1.82, 2.24) is 10.3 Å². The van der Waals surface area contributed by atoms with E-state index in [1.807, 2.05) is 0 Å². The molecule has 0 bridgehead atoms. The number of nitrogens with one attached hydrogen (secondary N) is 1. The lowest BCUT2D eigenvalue weighted by atomic mass is 10.1. The standard InChI is InChI=1S/C14H25N3O2/c1-10-8-18-11(2)7-17(10)13-16-12(9-19-13)6-15-14(3,4)5/h9-11,15H,6-8H2,1-5H3. The van der Waals surface area contributed by atoms with Crippen LogP contribution in [0.15, 0.2) is 10.7 Å². The number of aromatic nitrogens is 1. The maximum atomic E-state index is 5.62. The van der Waals surface area contributed by atoms with Gasteiger partial charge in [0.15, 0.2) is 0 Å². The van der Waals surface area contributed by atoms with Crippen LogP contribution in [0.5, 0.6) is 0 Å². The second-order valence-corrected chi connectivity index (χ2v) is 6.37. The molecule has 0 saturated carbocycles. The van der Waals surface area contributed by atoms with E-state index in [1.54, 1.807) is 6.26 Å². The predicted octanol–water partition coefficient (Wildman–Crippen LogP) is 2.18. The minimum absolute atomic E-state index is 0.0832. The van der Waals surface area contributed by atoms with Crippen LogP contribution in [0, 0.1) is 0 Å². The fourth-order valence-corrected chi connectivity index (χ4v) is 2.03. The molecule has 1 aliphatic rings. The Morgan fingerprint density at radius 2 is 2.16 bits per heavy atom. The first-order valence-electron chi connectivity index (χ1n) is 6.93. The Morgan fingerprint density at radius 1 is 1.42 bits per heavy atom. The van der Waals surface area contributed by atoms with Crippen LogP contribution in [-0.4, -0.2) is 35.8 Å². The van der Waals surface area contributed by atoms with Gasteiger partial charge in [-0.15, -0.1) is 0 Å². The zero-order valence-corrected chi connectivity index (χ0v) is 12.6. The second kappa shape index (κ2) is 5.51. The molecule has 2 unspecified atom stereocenters. The number of hydrogen-bond acceptors (Lipinski definition) is 5. The van der Waals surface area contributed by atoms with Crippen LogP contribution >= 0.6 is 0 Å². The lowest BCUT2D eigenvalue weighted by molar-refractivity contribution is 0.0322. The molecule has 0 radical (unpaired) electrons. The first kappa shape index (κ1) is 14.3. The molecule has 1 fully saturated rings. The zero-order valence-electron chi connectivity index (χ0n) is 12.6. The fourth-order valence-electron chi connectivity index (χ4n) is 2.03. The summed E-state index contributed by atoms with van der Waals surface area (Å²) >= 11 is 0. The largest absolute Gasteiger partial charge is 0.432 e. The Morgan fingerprint density at radius 3 is 2.84 bits per heavy atom. The van der Waals surface area contributed by atoms with E-state index in [2.05, 4.69) is 49.8 Å². The molecule has 2 heterocycles. The van der Waals surface area contributed by atoms with Crippen LogP contribution < -0.4 is 10.2 Å². The quantitative estimate of drug-likeness (QED) is 0.909. The normalized spacial score (nSPS) is 24.8. The molecule has 0 aliphatic carbocycles. The highest BCUT2D eigenvalue weighted by Gasteiger charge is 2.27. The Bertz CT molecular complexity index is 411. The summed E-state index contributed by atoms with van der Waals surface area (Å²) in [5.41, 5.74) is 1.02. The first-order chi connectivity index (χ1) is 8.85. The molecule has 1 aromatic rings. The molecule has 108 valence electrons. The monoisotopic (exact) mass is 267 g/mol. The number of hydrogen-bond donors (Lipinski definition) is 1. The summed E-state index contributed by atoms with van der Waals surface area (Å²) in [5, 5.41) is 3.41. The van der Waals surface area contributed by atoms with Crippen molar-refractivity contribution < 1.29 is 9.15 Å². The number of nitrogens with zero attached hydrogens (tertiary/aromatic N) is 2. The van der Waals surface area contributed by atoms with E-state index in [0.717, 1.165) is 25.4 Å². The molecule has 0 aromatic carbocycles. The summed E-state index contributed by atoms with van der Waals surface area (Å²) in [5.74, 6) is 0. The van der Waals surface area contributed by atoms with Gasteiger partial charge >= 0.3 is 0 Å². The number of oxazole rings is 1. The van der Waals surface area contributed by atoms with Crippen molar-refractivity contribution in [3.05, 3.63) is 12.0 Å². The number of ether oxygens (including phenoxy) is 1. The zero-order chi connectivity index (χ0) is 14.0. The van der Waals surface area contributed by atoms with E-state index in [4.69, 9.17) is 9.15 Å². The van der Waals surface area contributed by atoms with Gasteiger partial charge in [0.1, 0.15) is 6.26 Å². The van der Waals surface area contributed by atoms with Gasteiger partial charge in [-0.1, -0.05) is 0 Å². The summed E-state index contributed by atoms with van der Waals surface area (Å²) in [4.78, 5) is 6.74. The van der Waals surface area contributed by atoms with Crippen molar-refractivity contribution in [2.24, 2.45) is 0 Å². The Labute approximate surface area is 115 Å². The molecule has 5 heteroatoms. The van der Waals surface area contributed by atoms with Crippen molar-refractivity contribution in [2.45, 2.75) is 58.8 Å². The lowest BCUT2D eigenvalue weighted by Gasteiger charge is -2.35. The van der Waals surface area contributed by atoms with Crippen molar-refractivity contribution in [3.63, 3.8) is 0 Å². The Hall–Kier alpha value is -1.07. The van der Waals surface area contributed by atoms with Crippen LogP contribution in [0.1, 0.15) is 40.3 Å². The van der Waals surface area contributed by atoms with Gasteiger partial charge in [0.25, 0.3) is 6.01 Å². The van der Waals surface area contributed by atoms with Crippen LogP contribution in [0.3, 0.4) is 0 Å². The Kier molecular flexibility index (Phi) is 4.16. The minimum atomic E-state index is 0.0832. The Balaban J connectivity index is 1.99. The van der Waals surface area contributed by atoms with Gasteiger partial charge in [-0.3, -0.25) is 0 Å². The molecular weight excluding hydrogens is 242 g/mol. The maximum absolute atomic E-state index is 5.62. The van der Waals surface area contributed by atoms with Crippen molar-refractivity contribution in [2.75, 3.05) is 18.1 Å². The van der Waals surface area contributed by atoms with E-state index >= 15 is 0 Å². The van der Waals surface area contributed by atoms with Gasteiger partial charge < -0.3 is 19.4 Å². The third-order valence-corrected chi connectivity index (χ3v) is 3.19. The number of morpholine rings is 1. The number of anilines is 1. The molecule has 5 nitrogen and oxygen atoms in total. The van der Waals surface area contributed by atoms with E-state index in [0.29, 0.717) is 12.1 Å². The minimum Gasteiger partial charge on any atom is -0.432 e. The molecule has 2 atom stereocenters. The average Bonchev–Trinajstić information content (AvgIpc) is 2.77. The van der Waals surface area contributed by atoms with Gasteiger partial charge in [0.05, 0.1) is 24.4 Å². The highest BCUT2D eigenvalue weighted by Crippen LogP contribution is 2.21. The lowest BCUT2D eigenvalue weighted by Crippen LogP contribution is -2.47. The highest BCUT2D eigenvalue weighted by atomic mass is 16.5. The SMILES string of the molecule is CC1CN(c2nc(CNC(C)(C)C)co2)C(C)CO1.